The van der Waals surface area contributed by atoms with Crippen LogP contribution >= 0.6 is 15.9 Å². The lowest BCUT2D eigenvalue weighted by atomic mass is 10.0. The van der Waals surface area contributed by atoms with Gasteiger partial charge in [-0.15, -0.1) is 0 Å². The molecule has 1 aromatic carbocycles. The third-order valence-corrected chi connectivity index (χ3v) is 5.01. The smallest absolute Gasteiger partial charge is 0.138 e. The van der Waals surface area contributed by atoms with Gasteiger partial charge in [0.2, 0.25) is 0 Å². The molecule has 3 rings (SSSR count). The van der Waals surface area contributed by atoms with E-state index in [-0.39, 0.29) is 0 Å². The van der Waals surface area contributed by atoms with Crippen molar-refractivity contribution in [3.63, 3.8) is 0 Å². The third kappa shape index (κ3) is 2.92. The predicted octanol–water partition coefficient (Wildman–Crippen LogP) is 4.40. The van der Waals surface area contributed by atoms with Crippen LogP contribution < -0.4 is 4.74 Å². The Kier molecular flexibility index (Phi) is 4.54. The number of hydrogen-bond acceptors (Lipinski definition) is 4. The predicted molar refractivity (Wildman–Crippen MR) is 89.1 cm³/mol. The number of ether oxygens (including phenoxy) is 1. The fourth-order valence-corrected chi connectivity index (χ4v) is 3.94. The first-order valence-electron chi connectivity index (χ1n) is 7.59. The van der Waals surface area contributed by atoms with Gasteiger partial charge in [-0.05, 0) is 66.9 Å². The molecule has 1 fully saturated rings. The number of hydrogen-bond donors (Lipinski definition) is 0. The summed E-state index contributed by atoms with van der Waals surface area (Å²) in [6, 6.07) is 6.70. The standard InChI is InChI=1S/C17H21BrN2O2/c1-11-17(12(2)22-19-11)15-5-4-8-20(15)10-13-6-7-16(21-3)14(18)9-13/h6-7,9,15H,4-5,8,10H2,1-3H3/t15-/m0/s1. The summed E-state index contributed by atoms with van der Waals surface area (Å²) >= 11 is 3.57. The molecule has 0 spiro atoms. The highest BCUT2D eigenvalue weighted by molar-refractivity contribution is 9.10. The van der Waals surface area contributed by atoms with Gasteiger partial charge in [0.15, 0.2) is 0 Å². The number of halogens is 1. The van der Waals surface area contributed by atoms with Crippen LogP contribution in [0.5, 0.6) is 5.75 Å². The minimum Gasteiger partial charge on any atom is -0.496 e. The molecule has 4 nitrogen and oxygen atoms in total. The van der Waals surface area contributed by atoms with E-state index in [9.17, 15) is 0 Å². The van der Waals surface area contributed by atoms with Crippen LogP contribution in [0.1, 0.15) is 41.5 Å². The summed E-state index contributed by atoms with van der Waals surface area (Å²) < 4.78 is 11.7. The van der Waals surface area contributed by atoms with Gasteiger partial charge in [-0.25, -0.2) is 0 Å². The summed E-state index contributed by atoms with van der Waals surface area (Å²) in [5, 5.41) is 4.11. The zero-order valence-corrected chi connectivity index (χ0v) is 14.8. The van der Waals surface area contributed by atoms with Crippen molar-refractivity contribution in [1.29, 1.82) is 0 Å². The van der Waals surface area contributed by atoms with Gasteiger partial charge in [0.25, 0.3) is 0 Å². The summed E-state index contributed by atoms with van der Waals surface area (Å²) in [6.45, 7) is 6.08. The van der Waals surface area contributed by atoms with E-state index in [0.29, 0.717) is 6.04 Å². The average molecular weight is 365 g/mol. The van der Waals surface area contributed by atoms with Gasteiger partial charge >= 0.3 is 0 Å². The van der Waals surface area contributed by atoms with Gasteiger partial charge in [-0.3, -0.25) is 4.90 Å². The monoisotopic (exact) mass is 364 g/mol. The summed E-state index contributed by atoms with van der Waals surface area (Å²) in [6.07, 6.45) is 2.38. The summed E-state index contributed by atoms with van der Waals surface area (Å²) in [7, 11) is 1.69. The SMILES string of the molecule is COc1ccc(CN2CCC[C@H]2c2c(C)noc2C)cc1Br. The molecule has 5 heteroatoms. The van der Waals surface area contributed by atoms with Crippen LogP contribution in [-0.4, -0.2) is 23.7 Å². The van der Waals surface area contributed by atoms with Crippen LogP contribution in [0.2, 0.25) is 0 Å². The van der Waals surface area contributed by atoms with E-state index in [1.807, 2.05) is 19.9 Å². The number of benzene rings is 1. The Labute approximate surface area is 139 Å². The van der Waals surface area contributed by atoms with Gasteiger partial charge in [0.1, 0.15) is 11.5 Å². The van der Waals surface area contributed by atoms with Crippen molar-refractivity contribution in [3.05, 3.63) is 45.3 Å². The lowest BCUT2D eigenvalue weighted by molar-refractivity contribution is 0.245. The Hall–Kier alpha value is -1.33. The Morgan fingerprint density at radius 2 is 2.23 bits per heavy atom. The minimum absolute atomic E-state index is 0.409. The van der Waals surface area contributed by atoms with Crippen molar-refractivity contribution in [2.24, 2.45) is 0 Å². The molecule has 0 bridgehead atoms. The van der Waals surface area contributed by atoms with E-state index >= 15 is 0 Å². The molecule has 0 radical (unpaired) electrons. The van der Waals surface area contributed by atoms with Crippen molar-refractivity contribution in [3.8, 4) is 5.75 Å². The van der Waals surface area contributed by atoms with Gasteiger partial charge in [0, 0.05) is 18.2 Å². The molecule has 0 saturated carbocycles. The fraction of sp³-hybridized carbons (Fsp3) is 0.471. The van der Waals surface area contributed by atoms with Crippen LogP contribution in [0.25, 0.3) is 0 Å². The Morgan fingerprint density at radius 3 is 2.86 bits per heavy atom. The maximum atomic E-state index is 5.35. The number of nitrogens with zero attached hydrogens (tertiary/aromatic N) is 2. The molecule has 0 amide bonds. The van der Waals surface area contributed by atoms with Gasteiger partial charge in [0.05, 0.1) is 17.3 Å². The van der Waals surface area contributed by atoms with Crippen molar-refractivity contribution in [1.82, 2.24) is 10.1 Å². The molecule has 2 aromatic rings. The third-order valence-electron chi connectivity index (χ3n) is 4.39. The summed E-state index contributed by atoms with van der Waals surface area (Å²) in [4.78, 5) is 2.51. The van der Waals surface area contributed by atoms with E-state index < -0.39 is 0 Å². The first kappa shape index (κ1) is 15.6. The number of methoxy groups -OCH3 is 1. The molecule has 0 aliphatic carbocycles. The molecule has 1 aliphatic rings. The molecule has 118 valence electrons. The highest BCUT2D eigenvalue weighted by Gasteiger charge is 2.30. The molecule has 1 aliphatic heterocycles. The first-order valence-corrected chi connectivity index (χ1v) is 8.38. The Bertz CT molecular complexity index is 649. The largest absolute Gasteiger partial charge is 0.496 e. The normalized spacial score (nSPS) is 18.8. The van der Waals surface area contributed by atoms with Crippen molar-refractivity contribution >= 4 is 15.9 Å². The second-order valence-corrected chi connectivity index (χ2v) is 6.69. The Morgan fingerprint density at radius 1 is 1.41 bits per heavy atom. The van der Waals surface area contributed by atoms with E-state index in [1.54, 1.807) is 7.11 Å². The molecule has 1 aromatic heterocycles. The second kappa shape index (κ2) is 6.42. The number of likely N-dealkylation sites (tertiary alicyclic amines) is 1. The molecule has 22 heavy (non-hydrogen) atoms. The fourth-order valence-electron chi connectivity index (χ4n) is 3.35. The minimum atomic E-state index is 0.409. The lowest BCUT2D eigenvalue weighted by Crippen LogP contribution is -2.23. The summed E-state index contributed by atoms with van der Waals surface area (Å²) in [5.74, 6) is 1.82. The molecular formula is C17H21BrN2O2. The second-order valence-electron chi connectivity index (χ2n) is 5.84. The molecule has 1 saturated heterocycles. The van der Waals surface area contributed by atoms with Crippen LogP contribution in [0.4, 0.5) is 0 Å². The summed E-state index contributed by atoms with van der Waals surface area (Å²) in [5.41, 5.74) is 3.57. The number of aryl methyl sites for hydroxylation is 2. The average Bonchev–Trinajstić information content (AvgIpc) is 3.06. The van der Waals surface area contributed by atoms with Crippen LogP contribution in [0.15, 0.2) is 27.2 Å². The molecule has 0 unspecified atom stereocenters. The number of aromatic nitrogens is 1. The maximum absolute atomic E-state index is 5.35. The molecule has 1 atom stereocenters. The quantitative estimate of drug-likeness (QED) is 0.805. The lowest BCUT2D eigenvalue weighted by Gasteiger charge is -2.24. The van der Waals surface area contributed by atoms with E-state index in [4.69, 9.17) is 9.26 Å². The van der Waals surface area contributed by atoms with Crippen molar-refractivity contribution in [2.75, 3.05) is 13.7 Å². The molecule has 2 heterocycles. The van der Waals surface area contributed by atoms with Gasteiger partial charge < -0.3 is 9.26 Å². The van der Waals surface area contributed by atoms with E-state index in [1.165, 1.54) is 24.0 Å². The van der Waals surface area contributed by atoms with Gasteiger partial charge in [-0.2, -0.15) is 0 Å². The Balaban J connectivity index is 1.81. The van der Waals surface area contributed by atoms with Crippen LogP contribution in [0, 0.1) is 13.8 Å². The molecule has 0 N–H and O–H groups in total. The zero-order valence-electron chi connectivity index (χ0n) is 13.2. The van der Waals surface area contributed by atoms with Crippen LogP contribution in [-0.2, 0) is 6.54 Å². The maximum Gasteiger partial charge on any atom is 0.138 e. The van der Waals surface area contributed by atoms with Crippen molar-refractivity contribution < 1.29 is 9.26 Å². The highest BCUT2D eigenvalue weighted by Crippen LogP contribution is 2.37. The first-order chi connectivity index (χ1) is 10.6. The van der Waals surface area contributed by atoms with E-state index in [0.717, 1.165) is 34.8 Å². The van der Waals surface area contributed by atoms with Crippen LogP contribution in [0.3, 0.4) is 0 Å². The van der Waals surface area contributed by atoms with E-state index in [2.05, 4.69) is 38.1 Å². The van der Waals surface area contributed by atoms with Crippen molar-refractivity contribution in [2.45, 2.75) is 39.3 Å². The number of rotatable bonds is 4. The zero-order chi connectivity index (χ0) is 15.7. The van der Waals surface area contributed by atoms with Gasteiger partial charge in [-0.1, -0.05) is 11.2 Å². The molecular weight excluding hydrogens is 344 g/mol. The topological polar surface area (TPSA) is 38.5 Å². The highest BCUT2D eigenvalue weighted by atomic mass is 79.9.